The van der Waals surface area contributed by atoms with Gasteiger partial charge in [0.2, 0.25) is 0 Å². The van der Waals surface area contributed by atoms with Crippen molar-refractivity contribution in [3.63, 3.8) is 0 Å². The molecule has 2 atom stereocenters. The van der Waals surface area contributed by atoms with Gasteiger partial charge in [-0.3, -0.25) is 9.69 Å². The first kappa shape index (κ1) is 19.4. The zero-order chi connectivity index (χ0) is 19.6. The molecule has 27 heavy (non-hydrogen) atoms. The topological polar surface area (TPSA) is 43.8 Å². The largest absolute Gasteiger partial charge is 0.481 e. The maximum absolute atomic E-state index is 11.6. The maximum atomic E-state index is 11.6. The van der Waals surface area contributed by atoms with Gasteiger partial charge < -0.3 is 10.0 Å². The molecule has 0 amide bonds. The van der Waals surface area contributed by atoms with Crippen LogP contribution < -0.4 is 4.90 Å². The van der Waals surface area contributed by atoms with Crippen molar-refractivity contribution in [3.8, 4) is 0 Å². The highest BCUT2D eigenvalue weighted by Gasteiger charge is 2.31. The smallest absolute Gasteiger partial charge is 0.307 e. The Morgan fingerprint density at radius 2 is 1.85 bits per heavy atom. The Labute approximate surface area is 162 Å². The highest BCUT2D eigenvalue weighted by atomic mass is 16.4. The quantitative estimate of drug-likeness (QED) is 0.859. The molecule has 4 heteroatoms. The van der Waals surface area contributed by atoms with Crippen LogP contribution in [0.4, 0.5) is 5.69 Å². The fourth-order valence-electron chi connectivity index (χ4n) is 4.12. The van der Waals surface area contributed by atoms with Gasteiger partial charge in [0.1, 0.15) is 0 Å². The van der Waals surface area contributed by atoms with E-state index in [1.165, 1.54) is 27.9 Å². The molecule has 1 N–H and O–H groups in total. The first-order valence-corrected chi connectivity index (χ1v) is 9.68. The lowest BCUT2D eigenvalue weighted by Gasteiger charge is -2.38. The molecule has 3 rings (SSSR count). The molecule has 1 aliphatic rings. The molecule has 1 heterocycles. The van der Waals surface area contributed by atoms with Gasteiger partial charge in [-0.1, -0.05) is 35.9 Å². The monoisotopic (exact) mass is 366 g/mol. The van der Waals surface area contributed by atoms with Crippen LogP contribution in [0.2, 0.25) is 0 Å². The van der Waals surface area contributed by atoms with Gasteiger partial charge in [-0.05, 0) is 62.1 Å². The van der Waals surface area contributed by atoms with Crippen molar-refractivity contribution >= 4 is 11.7 Å². The molecule has 0 saturated carbocycles. The van der Waals surface area contributed by atoms with Crippen LogP contribution in [0.1, 0.15) is 41.1 Å². The predicted molar refractivity (Wildman–Crippen MR) is 110 cm³/mol. The fourth-order valence-corrected chi connectivity index (χ4v) is 4.12. The number of rotatable bonds is 5. The van der Waals surface area contributed by atoms with Gasteiger partial charge in [0.05, 0.1) is 12.0 Å². The van der Waals surface area contributed by atoms with E-state index in [2.05, 4.69) is 66.1 Å². The normalized spacial score (nSPS) is 18.9. The molecular formula is C23H30N2O2. The molecular weight excluding hydrogens is 336 g/mol. The third kappa shape index (κ3) is 4.33. The summed E-state index contributed by atoms with van der Waals surface area (Å²) in [6, 6.07) is 15.3. The molecule has 144 valence electrons. The Bertz CT molecular complexity index is 799. The second kappa shape index (κ2) is 8.13. The van der Waals surface area contributed by atoms with Crippen molar-refractivity contribution in [2.45, 2.75) is 32.7 Å². The van der Waals surface area contributed by atoms with E-state index >= 15 is 0 Å². The van der Waals surface area contributed by atoms with Crippen molar-refractivity contribution in [3.05, 3.63) is 64.7 Å². The number of anilines is 1. The minimum absolute atomic E-state index is 0.0870. The molecule has 4 nitrogen and oxygen atoms in total. The minimum Gasteiger partial charge on any atom is -0.481 e. The van der Waals surface area contributed by atoms with E-state index in [1.807, 2.05) is 14.1 Å². The summed E-state index contributed by atoms with van der Waals surface area (Å²) in [5, 5.41) is 9.54. The molecule has 0 spiro atoms. The molecule has 2 unspecified atom stereocenters. The third-order valence-electron chi connectivity index (χ3n) is 5.61. The van der Waals surface area contributed by atoms with E-state index in [1.54, 1.807) is 0 Å². The number of nitrogens with zero attached hydrogens (tertiary/aromatic N) is 2. The molecule has 1 fully saturated rings. The van der Waals surface area contributed by atoms with Crippen LogP contribution in [0, 0.1) is 19.8 Å². The summed E-state index contributed by atoms with van der Waals surface area (Å²) in [6.45, 7) is 5.79. The zero-order valence-electron chi connectivity index (χ0n) is 16.8. The molecule has 0 radical (unpaired) electrons. The number of hydrogen-bond donors (Lipinski definition) is 1. The van der Waals surface area contributed by atoms with Crippen molar-refractivity contribution < 1.29 is 9.90 Å². The number of hydrogen-bond acceptors (Lipinski definition) is 3. The van der Waals surface area contributed by atoms with Gasteiger partial charge >= 0.3 is 5.97 Å². The highest BCUT2D eigenvalue weighted by molar-refractivity contribution is 5.70. The summed E-state index contributed by atoms with van der Waals surface area (Å²) in [4.78, 5) is 16.0. The minimum atomic E-state index is -0.679. The van der Waals surface area contributed by atoms with Crippen LogP contribution >= 0.6 is 0 Å². The average Bonchev–Trinajstić information content (AvgIpc) is 2.64. The van der Waals surface area contributed by atoms with Gasteiger partial charge in [0.15, 0.2) is 0 Å². The Balaban J connectivity index is 2.02. The predicted octanol–water partition coefficient (Wildman–Crippen LogP) is 4.26. The second-order valence-corrected chi connectivity index (χ2v) is 7.92. The number of likely N-dealkylation sites (tertiary alicyclic amines) is 1. The van der Waals surface area contributed by atoms with Crippen molar-refractivity contribution in [2.75, 3.05) is 32.1 Å². The number of carbonyl (C=O) groups is 1. The molecule has 1 saturated heterocycles. The lowest BCUT2D eigenvalue weighted by molar-refractivity contribution is -0.143. The number of piperidine rings is 1. The zero-order valence-corrected chi connectivity index (χ0v) is 16.8. The van der Waals surface area contributed by atoms with E-state index in [-0.39, 0.29) is 12.0 Å². The van der Waals surface area contributed by atoms with E-state index in [9.17, 15) is 9.90 Å². The van der Waals surface area contributed by atoms with Crippen LogP contribution in [-0.4, -0.2) is 43.2 Å². The molecule has 2 aromatic rings. The summed E-state index contributed by atoms with van der Waals surface area (Å²) in [5.74, 6) is -0.963. The first-order valence-electron chi connectivity index (χ1n) is 9.68. The molecule has 1 aliphatic heterocycles. The number of aliphatic carboxylic acids is 1. The standard InChI is InChI=1S/C23H30N2O2/c1-16-7-12-21(17(2)14-16)22(18-8-10-20(11-9-18)24(3)4)25-13-5-6-19(15-25)23(26)27/h7-12,14,19,22H,5-6,13,15H2,1-4H3,(H,26,27). The summed E-state index contributed by atoms with van der Waals surface area (Å²) < 4.78 is 0. The van der Waals surface area contributed by atoms with E-state index in [0.29, 0.717) is 6.54 Å². The number of aryl methyl sites for hydroxylation is 2. The molecule has 0 aliphatic carbocycles. The first-order chi connectivity index (χ1) is 12.9. The number of benzene rings is 2. The van der Waals surface area contributed by atoms with Crippen LogP contribution in [0.3, 0.4) is 0 Å². The van der Waals surface area contributed by atoms with Crippen LogP contribution in [-0.2, 0) is 4.79 Å². The Hall–Kier alpha value is -2.33. The highest BCUT2D eigenvalue weighted by Crippen LogP contribution is 2.35. The molecule has 0 bridgehead atoms. The van der Waals surface area contributed by atoms with E-state index in [0.717, 1.165) is 19.4 Å². The summed E-state index contributed by atoms with van der Waals surface area (Å²) in [6.07, 6.45) is 1.69. The average molecular weight is 367 g/mol. The fraction of sp³-hybridized carbons (Fsp3) is 0.435. The Morgan fingerprint density at radius 1 is 1.15 bits per heavy atom. The lowest BCUT2D eigenvalue weighted by atomic mass is 9.89. The molecule has 2 aromatic carbocycles. The molecule has 0 aromatic heterocycles. The van der Waals surface area contributed by atoms with Crippen molar-refractivity contribution in [2.24, 2.45) is 5.92 Å². The van der Waals surface area contributed by atoms with E-state index < -0.39 is 5.97 Å². The van der Waals surface area contributed by atoms with Gasteiger partial charge in [-0.25, -0.2) is 0 Å². The SMILES string of the molecule is Cc1ccc(C(c2ccc(N(C)C)cc2)N2CCCC(C(=O)O)C2)c(C)c1. The third-order valence-corrected chi connectivity index (χ3v) is 5.61. The van der Waals surface area contributed by atoms with Gasteiger partial charge in [0, 0.05) is 26.3 Å². The van der Waals surface area contributed by atoms with Crippen molar-refractivity contribution in [1.29, 1.82) is 0 Å². The van der Waals surface area contributed by atoms with Gasteiger partial charge in [-0.15, -0.1) is 0 Å². The maximum Gasteiger partial charge on any atom is 0.307 e. The van der Waals surface area contributed by atoms with Crippen LogP contribution in [0.5, 0.6) is 0 Å². The van der Waals surface area contributed by atoms with Crippen LogP contribution in [0.15, 0.2) is 42.5 Å². The second-order valence-electron chi connectivity index (χ2n) is 7.92. The van der Waals surface area contributed by atoms with E-state index in [4.69, 9.17) is 0 Å². The number of carboxylic acids is 1. The number of carboxylic acid groups (broad SMARTS) is 1. The Morgan fingerprint density at radius 3 is 2.44 bits per heavy atom. The summed E-state index contributed by atoms with van der Waals surface area (Å²) in [5.41, 5.74) is 6.16. The Kier molecular flexibility index (Phi) is 5.85. The van der Waals surface area contributed by atoms with Gasteiger partial charge in [-0.2, -0.15) is 0 Å². The lowest BCUT2D eigenvalue weighted by Crippen LogP contribution is -2.41. The van der Waals surface area contributed by atoms with Gasteiger partial charge in [0.25, 0.3) is 0 Å². The van der Waals surface area contributed by atoms with Crippen molar-refractivity contribution in [1.82, 2.24) is 4.90 Å². The van der Waals surface area contributed by atoms with Crippen LogP contribution in [0.25, 0.3) is 0 Å². The summed E-state index contributed by atoms with van der Waals surface area (Å²) >= 11 is 0. The summed E-state index contributed by atoms with van der Waals surface area (Å²) in [7, 11) is 4.08.